The Labute approximate surface area is 145 Å². The second kappa shape index (κ2) is 7.46. The zero-order valence-electron chi connectivity index (χ0n) is 11.9. The molecule has 0 aliphatic rings. The van der Waals surface area contributed by atoms with Gasteiger partial charge in [0.05, 0.1) is 22.0 Å². The number of nitrogens with one attached hydrogen (secondary N) is 1. The lowest BCUT2D eigenvalue weighted by Gasteiger charge is -2.10. The lowest BCUT2D eigenvalue weighted by Crippen LogP contribution is -2.22. The fraction of sp³-hybridized carbons (Fsp3) is 0.0667. The minimum absolute atomic E-state index is 0.0531. The number of rotatable bonds is 4. The van der Waals surface area contributed by atoms with Crippen LogP contribution in [0.5, 0.6) is 0 Å². The van der Waals surface area contributed by atoms with E-state index < -0.39 is 30.1 Å². The van der Waals surface area contributed by atoms with Gasteiger partial charge in [-0.25, -0.2) is 13.6 Å². The van der Waals surface area contributed by atoms with Crippen molar-refractivity contribution in [2.24, 2.45) is 0 Å². The van der Waals surface area contributed by atoms with Crippen molar-refractivity contribution in [1.29, 1.82) is 0 Å². The van der Waals surface area contributed by atoms with E-state index in [0.29, 0.717) is 0 Å². The van der Waals surface area contributed by atoms with Crippen LogP contribution in [0.3, 0.4) is 0 Å². The fourth-order valence-electron chi connectivity index (χ4n) is 1.74. The summed E-state index contributed by atoms with van der Waals surface area (Å²) in [6, 6.07) is 5.12. The van der Waals surface area contributed by atoms with Crippen LogP contribution in [0.4, 0.5) is 20.2 Å². The highest BCUT2D eigenvalue weighted by molar-refractivity contribution is 6.37. The molecule has 2 aromatic carbocycles. The van der Waals surface area contributed by atoms with Crippen molar-refractivity contribution < 1.29 is 23.1 Å². The van der Waals surface area contributed by atoms with Crippen molar-refractivity contribution in [3.05, 3.63) is 57.6 Å². The zero-order chi connectivity index (χ0) is 17.9. The molecule has 9 heteroatoms. The van der Waals surface area contributed by atoms with Crippen molar-refractivity contribution in [2.75, 3.05) is 17.7 Å². The van der Waals surface area contributed by atoms with Crippen molar-refractivity contribution in [2.45, 2.75) is 0 Å². The van der Waals surface area contributed by atoms with E-state index in [1.165, 1.54) is 12.1 Å². The molecular formula is C15H10Cl2F2N2O3. The molecule has 0 saturated heterocycles. The average Bonchev–Trinajstić information content (AvgIpc) is 2.52. The predicted molar refractivity (Wildman–Crippen MR) is 86.1 cm³/mol. The van der Waals surface area contributed by atoms with Gasteiger partial charge in [-0.2, -0.15) is 0 Å². The van der Waals surface area contributed by atoms with E-state index >= 15 is 0 Å². The normalized spacial score (nSPS) is 10.3. The third kappa shape index (κ3) is 4.33. The standard InChI is InChI=1S/C15H10Cl2F2N2O3/c16-7-3-9(14(20)10(17)4-7)15(23)24-6-13(22)21-12-5-8(18)1-2-11(12)19/h1-5H,6,20H2,(H,21,22). The van der Waals surface area contributed by atoms with Crippen LogP contribution in [0, 0.1) is 11.6 Å². The summed E-state index contributed by atoms with van der Waals surface area (Å²) < 4.78 is 31.2. The molecule has 0 bridgehead atoms. The number of amides is 1. The van der Waals surface area contributed by atoms with E-state index in [9.17, 15) is 18.4 Å². The molecule has 3 N–H and O–H groups in total. The van der Waals surface area contributed by atoms with Crippen molar-refractivity contribution >= 4 is 46.5 Å². The van der Waals surface area contributed by atoms with Gasteiger partial charge >= 0.3 is 5.97 Å². The van der Waals surface area contributed by atoms with Gasteiger partial charge in [0.2, 0.25) is 0 Å². The molecular weight excluding hydrogens is 365 g/mol. The summed E-state index contributed by atoms with van der Waals surface area (Å²) in [5.41, 5.74) is 5.10. The number of anilines is 2. The number of hydrogen-bond acceptors (Lipinski definition) is 4. The molecule has 0 saturated carbocycles. The van der Waals surface area contributed by atoms with Gasteiger partial charge in [0.25, 0.3) is 5.91 Å². The number of benzene rings is 2. The van der Waals surface area contributed by atoms with Crippen molar-refractivity contribution in [3.8, 4) is 0 Å². The van der Waals surface area contributed by atoms with Gasteiger partial charge in [0.1, 0.15) is 11.6 Å². The highest BCUT2D eigenvalue weighted by Crippen LogP contribution is 2.28. The smallest absolute Gasteiger partial charge is 0.340 e. The second-order valence-electron chi connectivity index (χ2n) is 4.60. The Morgan fingerprint density at radius 3 is 2.58 bits per heavy atom. The number of ether oxygens (including phenoxy) is 1. The fourth-order valence-corrected chi connectivity index (χ4v) is 2.24. The highest BCUT2D eigenvalue weighted by Gasteiger charge is 2.17. The Morgan fingerprint density at radius 1 is 1.17 bits per heavy atom. The van der Waals surface area contributed by atoms with Gasteiger partial charge < -0.3 is 15.8 Å². The summed E-state index contributed by atoms with van der Waals surface area (Å²) in [7, 11) is 0. The molecule has 0 aliphatic carbocycles. The number of nitrogen functional groups attached to an aromatic ring is 1. The number of nitrogens with two attached hydrogens (primary N) is 1. The van der Waals surface area contributed by atoms with Crippen LogP contribution in [-0.4, -0.2) is 18.5 Å². The van der Waals surface area contributed by atoms with E-state index in [1.54, 1.807) is 0 Å². The second-order valence-corrected chi connectivity index (χ2v) is 5.44. The third-order valence-corrected chi connectivity index (χ3v) is 3.38. The molecule has 0 aromatic heterocycles. The van der Waals surface area contributed by atoms with Crippen molar-refractivity contribution in [3.63, 3.8) is 0 Å². The summed E-state index contributed by atoms with van der Waals surface area (Å²) in [5.74, 6) is -3.36. The molecule has 0 spiro atoms. The number of esters is 1. The Kier molecular flexibility index (Phi) is 5.58. The summed E-state index contributed by atoms with van der Waals surface area (Å²) >= 11 is 11.6. The van der Waals surface area contributed by atoms with Gasteiger partial charge in [-0.05, 0) is 24.3 Å². The number of carbonyl (C=O) groups is 2. The van der Waals surface area contributed by atoms with Gasteiger partial charge in [0.15, 0.2) is 6.61 Å². The molecule has 1 amide bonds. The molecule has 0 fully saturated rings. The number of halogens is 4. The Hall–Kier alpha value is -2.38. The lowest BCUT2D eigenvalue weighted by atomic mass is 10.2. The molecule has 0 unspecified atom stereocenters. The van der Waals surface area contributed by atoms with Crippen LogP contribution in [0.2, 0.25) is 10.0 Å². The summed E-state index contributed by atoms with van der Waals surface area (Å²) in [4.78, 5) is 23.6. The molecule has 2 rings (SSSR count). The largest absolute Gasteiger partial charge is 0.452 e. The van der Waals surface area contributed by atoms with Crippen LogP contribution in [0.15, 0.2) is 30.3 Å². The molecule has 0 atom stereocenters. The quantitative estimate of drug-likeness (QED) is 0.632. The molecule has 24 heavy (non-hydrogen) atoms. The molecule has 126 valence electrons. The first kappa shape index (κ1) is 18.0. The summed E-state index contributed by atoms with van der Waals surface area (Å²) in [6.45, 7) is -0.738. The third-order valence-electron chi connectivity index (χ3n) is 2.85. The molecule has 0 heterocycles. The Balaban J connectivity index is 2.01. The maximum Gasteiger partial charge on any atom is 0.340 e. The highest BCUT2D eigenvalue weighted by atomic mass is 35.5. The van der Waals surface area contributed by atoms with Crippen LogP contribution < -0.4 is 11.1 Å². The molecule has 2 aromatic rings. The molecule has 0 radical (unpaired) electrons. The number of hydrogen-bond donors (Lipinski definition) is 2. The van der Waals surface area contributed by atoms with Crippen molar-refractivity contribution in [1.82, 2.24) is 0 Å². The monoisotopic (exact) mass is 374 g/mol. The van der Waals surface area contributed by atoms with Gasteiger partial charge in [-0.3, -0.25) is 4.79 Å². The Morgan fingerprint density at radius 2 is 1.88 bits per heavy atom. The Bertz CT molecular complexity index is 816. The lowest BCUT2D eigenvalue weighted by molar-refractivity contribution is -0.119. The van der Waals surface area contributed by atoms with E-state index in [-0.39, 0.29) is 27.0 Å². The SMILES string of the molecule is Nc1c(Cl)cc(Cl)cc1C(=O)OCC(=O)Nc1cc(F)ccc1F. The van der Waals surface area contributed by atoms with E-state index in [1.807, 2.05) is 0 Å². The first-order valence-electron chi connectivity index (χ1n) is 6.44. The molecule has 5 nitrogen and oxygen atoms in total. The predicted octanol–water partition coefficient (Wildman–Crippen LogP) is 3.65. The zero-order valence-corrected chi connectivity index (χ0v) is 13.4. The van der Waals surface area contributed by atoms with Crippen LogP contribution >= 0.6 is 23.2 Å². The first-order chi connectivity index (χ1) is 11.3. The summed E-state index contributed by atoms with van der Waals surface area (Å²) in [5, 5.41) is 2.30. The van der Waals surface area contributed by atoms with E-state index in [0.717, 1.165) is 18.2 Å². The number of carbonyl (C=O) groups excluding carboxylic acids is 2. The minimum atomic E-state index is -0.938. The maximum atomic E-state index is 13.4. The topological polar surface area (TPSA) is 81.4 Å². The van der Waals surface area contributed by atoms with E-state index in [2.05, 4.69) is 5.32 Å². The van der Waals surface area contributed by atoms with Gasteiger partial charge in [-0.1, -0.05) is 23.2 Å². The minimum Gasteiger partial charge on any atom is -0.452 e. The summed E-state index contributed by atoms with van der Waals surface area (Å²) in [6.07, 6.45) is 0. The van der Waals surface area contributed by atoms with Gasteiger partial charge in [0, 0.05) is 11.1 Å². The van der Waals surface area contributed by atoms with Crippen LogP contribution in [0.25, 0.3) is 0 Å². The maximum absolute atomic E-state index is 13.4. The van der Waals surface area contributed by atoms with Crippen LogP contribution in [0.1, 0.15) is 10.4 Å². The van der Waals surface area contributed by atoms with Crippen LogP contribution in [-0.2, 0) is 9.53 Å². The van der Waals surface area contributed by atoms with Gasteiger partial charge in [-0.15, -0.1) is 0 Å². The molecule has 0 aliphatic heterocycles. The van der Waals surface area contributed by atoms with E-state index in [4.69, 9.17) is 33.7 Å². The first-order valence-corrected chi connectivity index (χ1v) is 7.20. The average molecular weight is 375 g/mol.